The highest BCUT2D eigenvalue weighted by Gasteiger charge is 2.21. The van der Waals surface area contributed by atoms with E-state index in [2.05, 4.69) is 5.32 Å². The Morgan fingerprint density at radius 1 is 1.24 bits per heavy atom. The Morgan fingerprint density at radius 2 is 1.96 bits per heavy atom. The number of nitrogens with zero attached hydrogens (tertiary/aromatic N) is 1. The summed E-state index contributed by atoms with van der Waals surface area (Å²) >= 11 is 0. The maximum atomic E-state index is 12.4. The number of non-ortho nitro benzene ring substituents is 1. The van der Waals surface area contributed by atoms with Crippen molar-refractivity contribution in [1.29, 1.82) is 0 Å². The highest BCUT2D eigenvalue weighted by atomic mass is 16.6. The zero-order valence-electron chi connectivity index (χ0n) is 13.3. The maximum absolute atomic E-state index is 12.4. The molecule has 130 valence electrons. The minimum atomic E-state index is -1.14. The number of ether oxygens (including phenoxy) is 1. The van der Waals surface area contributed by atoms with Gasteiger partial charge in [0.1, 0.15) is 5.75 Å². The second kappa shape index (κ2) is 7.91. The highest BCUT2D eigenvalue weighted by Crippen LogP contribution is 2.23. The van der Waals surface area contributed by atoms with Gasteiger partial charge in [-0.05, 0) is 23.8 Å². The van der Waals surface area contributed by atoms with Crippen molar-refractivity contribution >= 4 is 17.6 Å². The first kappa shape index (κ1) is 17.9. The molecule has 2 aromatic rings. The van der Waals surface area contributed by atoms with Crippen LogP contribution in [-0.2, 0) is 4.79 Å². The molecule has 0 radical (unpaired) electrons. The third-order valence-corrected chi connectivity index (χ3v) is 3.50. The molecule has 8 heteroatoms. The summed E-state index contributed by atoms with van der Waals surface area (Å²) in [4.78, 5) is 33.8. The normalized spacial score (nSPS) is 11.4. The molecule has 0 heterocycles. The second-order valence-electron chi connectivity index (χ2n) is 5.21. The van der Waals surface area contributed by atoms with Crippen LogP contribution in [0.15, 0.2) is 48.5 Å². The molecule has 1 unspecified atom stereocenters. The average Bonchev–Trinajstić information content (AvgIpc) is 2.60. The zero-order chi connectivity index (χ0) is 18.4. The van der Waals surface area contributed by atoms with Gasteiger partial charge in [-0.15, -0.1) is 0 Å². The number of aliphatic carboxylic acids is 1. The smallest absolute Gasteiger partial charge is 0.305 e. The number of methoxy groups -OCH3 is 1. The predicted molar refractivity (Wildman–Crippen MR) is 88.6 cm³/mol. The van der Waals surface area contributed by atoms with Crippen LogP contribution < -0.4 is 10.1 Å². The first-order valence-corrected chi connectivity index (χ1v) is 7.31. The highest BCUT2D eigenvalue weighted by molar-refractivity contribution is 5.95. The minimum Gasteiger partial charge on any atom is -0.497 e. The Hall–Kier alpha value is -3.42. The number of nitrogens with one attached hydrogen (secondary N) is 1. The van der Waals surface area contributed by atoms with Crippen LogP contribution in [0.5, 0.6) is 5.75 Å². The molecule has 8 nitrogen and oxygen atoms in total. The van der Waals surface area contributed by atoms with Crippen LogP contribution in [0.4, 0.5) is 5.69 Å². The van der Waals surface area contributed by atoms with Gasteiger partial charge in [0.05, 0.1) is 24.5 Å². The lowest BCUT2D eigenvalue weighted by atomic mass is 10.0. The third-order valence-electron chi connectivity index (χ3n) is 3.50. The Bertz CT molecular complexity index is 805. The second-order valence-corrected chi connectivity index (χ2v) is 5.21. The molecule has 0 fully saturated rings. The van der Waals surface area contributed by atoms with Crippen LogP contribution in [0.3, 0.4) is 0 Å². The molecule has 0 aliphatic rings. The molecule has 2 aromatic carbocycles. The number of nitro groups is 1. The molecule has 0 bridgehead atoms. The summed E-state index contributed by atoms with van der Waals surface area (Å²) in [6.07, 6.45) is -0.406. The van der Waals surface area contributed by atoms with Crippen molar-refractivity contribution in [1.82, 2.24) is 5.32 Å². The van der Waals surface area contributed by atoms with Gasteiger partial charge in [0, 0.05) is 17.7 Å². The largest absolute Gasteiger partial charge is 0.497 e. The van der Waals surface area contributed by atoms with Gasteiger partial charge in [-0.2, -0.15) is 0 Å². The van der Waals surface area contributed by atoms with E-state index < -0.39 is 29.3 Å². The lowest BCUT2D eigenvalue weighted by molar-refractivity contribution is -0.384. The van der Waals surface area contributed by atoms with E-state index in [-0.39, 0.29) is 5.69 Å². The fourth-order valence-corrected chi connectivity index (χ4v) is 2.29. The number of carbonyl (C=O) groups excluding carboxylic acids is 1. The van der Waals surface area contributed by atoms with Gasteiger partial charge in [-0.1, -0.05) is 18.2 Å². The Balaban J connectivity index is 2.28. The van der Waals surface area contributed by atoms with E-state index in [9.17, 15) is 19.7 Å². The monoisotopic (exact) mass is 344 g/mol. The summed E-state index contributed by atoms with van der Waals surface area (Å²) < 4.78 is 5.05. The average molecular weight is 344 g/mol. The van der Waals surface area contributed by atoms with Crippen LogP contribution in [0.2, 0.25) is 0 Å². The van der Waals surface area contributed by atoms with Crippen molar-refractivity contribution in [3.05, 3.63) is 69.8 Å². The number of carbonyl (C=O) groups is 2. The summed E-state index contributed by atoms with van der Waals surface area (Å²) in [5, 5.41) is 22.6. The quantitative estimate of drug-likeness (QED) is 0.588. The summed E-state index contributed by atoms with van der Waals surface area (Å²) in [5.41, 5.74) is 0.455. The van der Waals surface area contributed by atoms with E-state index in [4.69, 9.17) is 9.84 Å². The lowest BCUT2D eigenvalue weighted by Gasteiger charge is -2.17. The molecule has 0 aliphatic heterocycles. The Morgan fingerprint density at radius 3 is 2.60 bits per heavy atom. The Kier molecular flexibility index (Phi) is 5.67. The molecule has 0 spiro atoms. The molecule has 0 aliphatic carbocycles. The summed E-state index contributed by atoms with van der Waals surface area (Å²) in [7, 11) is 1.47. The zero-order valence-corrected chi connectivity index (χ0v) is 13.3. The first-order chi connectivity index (χ1) is 11.9. The number of carboxylic acid groups (broad SMARTS) is 1. The van der Waals surface area contributed by atoms with Crippen molar-refractivity contribution < 1.29 is 24.4 Å². The van der Waals surface area contributed by atoms with Crippen LogP contribution in [0, 0.1) is 10.1 Å². The fraction of sp³-hybridized carbons (Fsp3) is 0.176. The van der Waals surface area contributed by atoms with Crippen molar-refractivity contribution in [2.75, 3.05) is 7.11 Å². The first-order valence-electron chi connectivity index (χ1n) is 7.31. The van der Waals surface area contributed by atoms with Gasteiger partial charge in [-0.25, -0.2) is 0 Å². The van der Waals surface area contributed by atoms with E-state index in [1.165, 1.54) is 37.4 Å². The summed E-state index contributed by atoms with van der Waals surface area (Å²) in [6.45, 7) is 0. The molecule has 0 saturated heterocycles. The van der Waals surface area contributed by atoms with E-state index in [1.807, 2.05) is 0 Å². The van der Waals surface area contributed by atoms with Crippen LogP contribution in [0.25, 0.3) is 0 Å². The summed E-state index contributed by atoms with van der Waals surface area (Å²) in [5.74, 6) is -1.16. The fourth-order valence-electron chi connectivity index (χ4n) is 2.29. The number of hydrogen-bond acceptors (Lipinski definition) is 5. The van der Waals surface area contributed by atoms with Crippen LogP contribution in [0.1, 0.15) is 28.4 Å². The molecule has 2 N–H and O–H groups in total. The van der Waals surface area contributed by atoms with Crippen molar-refractivity contribution in [3.8, 4) is 5.75 Å². The predicted octanol–water partition coefficient (Wildman–Crippen LogP) is 2.55. The molecule has 0 saturated carbocycles. The Labute approximate surface area is 143 Å². The molecular weight excluding hydrogens is 328 g/mol. The number of amides is 1. The standard InChI is InChI=1S/C17H16N2O6/c1-25-14-7-3-5-12(9-14)17(22)18-15(10-16(20)21)11-4-2-6-13(8-11)19(23)24/h2-9,15H,10H2,1H3,(H,18,22)(H,20,21). The molecular formula is C17H16N2O6. The number of hydrogen-bond donors (Lipinski definition) is 2. The molecule has 2 rings (SSSR count). The maximum Gasteiger partial charge on any atom is 0.305 e. The molecule has 0 aromatic heterocycles. The van der Waals surface area contributed by atoms with Crippen LogP contribution in [-0.4, -0.2) is 29.0 Å². The van der Waals surface area contributed by atoms with Crippen molar-refractivity contribution in [3.63, 3.8) is 0 Å². The van der Waals surface area contributed by atoms with Gasteiger partial charge >= 0.3 is 5.97 Å². The number of benzene rings is 2. The van der Waals surface area contributed by atoms with Crippen molar-refractivity contribution in [2.24, 2.45) is 0 Å². The SMILES string of the molecule is COc1cccc(C(=O)NC(CC(=O)O)c2cccc([N+](=O)[O-])c2)c1. The van der Waals surface area contributed by atoms with E-state index in [0.717, 1.165) is 0 Å². The van der Waals surface area contributed by atoms with Crippen LogP contribution >= 0.6 is 0 Å². The van der Waals surface area contributed by atoms with Gasteiger partial charge in [0.25, 0.3) is 11.6 Å². The number of carboxylic acids is 1. The van der Waals surface area contributed by atoms with Gasteiger partial charge in [0.15, 0.2) is 0 Å². The number of nitro benzene ring substituents is 1. The van der Waals surface area contributed by atoms with E-state index in [1.54, 1.807) is 18.2 Å². The third kappa shape index (κ3) is 4.77. The van der Waals surface area contributed by atoms with Gasteiger partial charge in [-0.3, -0.25) is 19.7 Å². The molecule has 1 atom stereocenters. The molecule has 25 heavy (non-hydrogen) atoms. The van der Waals surface area contributed by atoms with Gasteiger partial charge < -0.3 is 15.2 Å². The minimum absolute atomic E-state index is 0.177. The van der Waals surface area contributed by atoms with E-state index in [0.29, 0.717) is 16.9 Å². The number of rotatable bonds is 7. The van der Waals surface area contributed by atoms with Gasteiger partial charge in [0.2, 0.25) is 0 Å². The topological polar surface area (TPSA) is 119 Å². The lowest BCUT2D eigenvalue weighted by Crippen LogP contribution is -2.30. The van der Waals surface area contributed by atoms with E-state index >= 15 is 0 Å². The summed E-state index contributed by atoms with van der Waals surface area (Å²) in [6, 6.07) is 11.0. The molecule has 1 amide bonds. The van der Waals surface area contributed by atoms with Crippen molar-refractivity contribution in [2.45, 2.75) is 12.5 Å².